The Morgan fingerprint density at radius 3 is 3.11 bits per heavy atom. The molecule has 0 aliphatic rings. The summed E-state index contributed by atoms with van der Waals surface area (Å²) in [7, 11) is 1.50. The van der Waals surface area contributed by atoms with Crippen LogP contribution in [0.1, 0.15) is 0 Å². The number of ether oxygens (including phenoxy) is 1. The number of halogens is 1. The van der Waals surface area contributed by atoms with Crippen molar-refractivity contribution in [3.63, 3.8) is 0 Å². The zero-order valence-corrected chi connectivity index (χ0v) is 10.1. The van der Waals surface area contributed by atoms with Crippen LogP contribution in [0.3, 0.4) is 0 Å². The molecule has 0 unspecified atom stereocenters. The Kier molecular flexibility index (Phi) is 3.62. The number of imidazole rings is 1. The number of aromatic nitrogens is 2. The maximum absolute atomic E-state index is 13.1. The number of rotatable bonds is 5. The van der Waals surface area contributed by atoms with Gasteiger partial charge in [-0.25, -0.2) is 9.37 Å². The number of benzene rings is 1. The van der Waals surface area contributed by atoms with Crippen LogP contribution in [0, 0.1) is 5.82 Å². The number of hydrogen-bond acceptors (Lipinski definition) is 3. The van der Waals surface area contributed by atoms with E-state index in [1.54, 1.807) is 18.3 Å². The van der Waals surface area contributed by atoms with Crippen molar-refractivity contribution in [1.29, 1.82) is 0 Å². The Labute approximate surface area is 105 Å². The van der Waals surface area contributed by atoms with Crippen molar-refractivity contribution in [1.82, 2.24) is 9.55 Å². The van der Waals surface area contributed by atoms with Crippen molar-refractivity contribution in [2.45, 2.75) is 6.54 Å². The van der Waals surface area contributed by atoms with Crippen molar-refractivity contribution in [2.75, 3.05) is 12.4 Å². The fourth-order valence-electron chi connectivity index (χ4n) is 1.61. The highest BCUT2D eigenvalue weighted by Gasteiger charge is 2.07. The van der Waals surface area contributed by atoms with E-state index in [0.717, 1.165) is 0 Å². The molecule has 0 atom stereocenters. The summed E-state index contributed by atoms with van der Waals surface area (Å²) < 4.78 is 20.1. The first-order valence-electron chi connectivity index (χ1n) is 5.47. The molecule has 0 fully saturated rings. The molecule has 1 aromatic carbocycles. The van der Waals surface area contributed by atoms with Crippen molar-refractivity contribution >= 4 is 11.6 Å². The van der Waals surface area contributed by atoms with Gasteiger partial charge in [0.05, 0.1) is 12.8 Å². The molecule has 94 valence electrons. The Bertz CT molecular complexity index is 551. The molecule has 0 radical (unpaired) electrons. The van der Waals surface area contributed by atoms with Gasteiger partial charge in [-0.15, -0.1) is 6.58 Å². The minimum Gasteiger partial charge on any atom is -0.494 e. The highest BCUT2D eigenvalue weighted by Crippen LogP contribution is 2.27. The van der Waals surface area contributed by atoms with E-state index in [2.05, 4.69) is 16.9 Å². The lowest BCUT2D eigenvalue weighted by molar-refractivity contribution is 0.413. The average Bonchev–Trinajstić information content (AvgIpc) is 2.79. The molecule has 0 spiro atoms. The molecule has 2 rings (SSSR count). The van der Waals surface area contributed by atoms with Crippen molar-refractivity contribution in [3.05, 3.63) is 49.1 Å². The quantitative estimate of drug-likeness (QED) is 0.825. The summed E-state index contributed by atoms with van der Waals surface area (Å²) in [6, 6.07) is 4.30. The lowest BCUT2D eigenvalue weighted by Crippen LogP contribution is -2.03. The van der Waals surface area contributed by atoms with Gasteiger partial charge in [-0.1, -0.05) is 6.08 Å². The second kappa shape index (κ2) is 5.35. The molecule has 4 nitrogen and oxygen atoms in total. The van der Waals surface area contributed by atoms with Gasteiger partial charge in [0.25, 0.3) is 0 Å². The van der Waals surface area contributed by atoms with Gasteiger partial charge in [0.2, 0.25) is 5.95 Å². The fourth-order valence-corrected chi connectivity index (χ4v) is 1.61. The summed E-state index contributed by atoms with van der Waals surface area (Å²) in [5.41, 5.74) is 0.662. The minimum atomic E-state index is -0.341. The van der Waals surface area contributed by atoms with Gasteiger partial charge < -0.3 is 14.6 Å². The molecule has 0 aliphatic carbocycles. The van der Waals surface area contributed by atoms with Gasteiger partial charge >= 0.3 is 0 Å². The van der Waals surface area contributed by atoms with Gasteiger partial charge in [0.1, 0.15) is 11.6 Å². The monoisotopic (exact) mass is 247 g/mol. The second-order valence-electron chi connectivity index (χ2n) is 3.66. The minimum absolute atomic E-state index is 0.341. The molecule has 0 saturated heterocycles. The number of allylic oxidation sites excluding steroid dienone is 1. The Morgan fingerprint density at radius 1 is 1.56 bits per heavy atom. The van der Waals surface area contributed by atoms with E-state index >= 15 is 0 Å². The van der Waals surface area contributed by atoms with Crippen molar-refractivity contribution < 1.29 is 9.13 Å². The van der Waals surface area contributed by atoms with E-state index in [1.165, 1.54) is 19.2 Å². The SMILES string of the molecule is C=CCn1ccnc1Nc1ccc(F)cc1OC. The molecule has 0 saturated carbocycles. The third-order valence-electron chi connectivity index (χ3n) is 2.45. The maximum atomic E-state index is 13.1. The number of methoxy groups -OCH3 is 1. The maximum Gasteiger partial charge on any atom is 0.207 e. The van der Waals surface area contributed by atoms with Crippen LogP contribution in [0.15, 0.2) is 43.2 Å². The third-order valence-corrected chi connectivity index (χ3v) is 2.45. The predicted molar refractivity (Wildman–Crippen MR) is 68.7 cm³/mol. The highest BCUT2D eigenvalue weighted by atomic mass is 19.1. The van der Waals surface area contributed by atoms with Crippen LogP contribution in [0.5, 0.6) is 5.75 Å². The molecule has 0 amide bonds. The van der Waals surface area contributed by atoms with Crippen LogP contribution in [0.2, 0.25) is 0 Å². The van der Waals surface area contributed by atoms with Crippen molar-refractivity contribution in [3.8, 4) is 5.75 Å². The zero-order chi connectivity index (χ0) is 13.0. The number of anilines is 2. The summed E-state index contributed by atoms with van der Waals surface area (Å²) in [5, 5.41) is 3.10. The molecular formula is C13H14FN3O. The highest BCUT2D eigenvalue weighted by molar-refractivity contribution is 5.62. The largest absolute Gasteiger partial charge is 0.494 e. The number of nitrogens with zero attached hydrogens (tertiary/aromatic N) is 2. The summed E-state index contributed by atoms with van der Waals surface area (Å²) in [5.74, 6) is 0.745. The van der Waals surface area contributed by atoms with E-state index in [9.17, 15) is 4.39 Å². The zero-order valence-electron chi connectivity index (χ0n) is 10.1. The predicted octanol–water partition coefficient (Wildman–Crippen LogP) is 2.96. The second-order valence-corrected chi connectivity index (χ2v) is 3.66. The van der Waals surface area contributed by atoms with Gasteiger partial charge in [-0.3, -0.25) is 0 Å². The van der Waals surface area contributed by atoms with Gasteiger partial charge in [0, 0.05) is 25.0 Å². The Balaban J connectivity index is 2.27. The first-order chi connectivity index (χ1) is 8.74. The van der Waals surface area contributed by atoms with E-state index < -0.39 is 0 Å². The molecule has 1 heterocycles. The molecule has 1 N–H and O–H groups in total. The molecule has 0 aliphatic heterocycles. The average molecular weight is 247 g/mol. The number of nitrogens with one attached hydrogen (secondary N) is 1. The van der Waals surface area contributed by atoms with Crippen LogP contribution in [-0.4, -0.2) is 16.7 Å². The lowest BCUT2D eigenvalue weighted by Gasteiger charge is -2.11. The lowest BCUT2D eigenvalue weighted by atomic mass is 10.3. The van der Waals surface area contributed by atoms with Crippen LogP contribution in [-0.2, 0) is 6.54 Å². The van der Waals surface area contributed by atoms with E-state index in [-0.39, 0.29) is 5.82 Å². The molecule has 0 bridgehead atoms. The van der Waals surface area contributed by atoms with E-state index in [0.29, 0.717) is 23.9 Å². The van der Waals surface area contributed by atoms with Crippen molar-refractivity contribution in [2.24, 2.45) is 0 Å². The normalized spacial score (nSPS) is 10.1. The van der Waals surface area contributed by atoms with Crippen LogP contribution < -0.4 is 10.1 Å². The number of hydrogen-bond donors (Lipinski definition) is 1. The molecule has 1 aromatic heterocycles. The molecular weight excluding hydrogens is 233 g/mol. The summed E-state index contributed by atoms with van der Waals surface area (Å²) in [4.78, 5) is 4.18. The summed E-state index contributed by atoms with van der Waals surface area (Å²) in [6.45, 7) is 4.32. The third kappa shape index (κ3) is 2.51. The van der Waals surface area contributed by atoms with Crippen LogP contribution in [0.4, 0.5) is 16.0 Å². The van der Waals surface area contributed by atoms with Gasteiger partial charge in [-0.2, -0.15) is 0 Å². The Morgan fingerprint density at radius 2 is 2.39 bits per heavy atom. The van der Waals surface area contributed by atoms with E-state index in [1.807, 2.05) is 10.8 Å². The topological polar surface area (TPSA) is 39.1 Å². The fraction of sp³-hybridized carbons (Fsp3) is 0.154. The molecule has 2 aromatic rings. The van der Waals surface area contributed by atoms with Gasteiger partial charge in [0.15, 0.2) is 0 Å². The smallest absolute Gasteiger partial charge is 0.207 e. The molecule has 5 heteroatoms. The molecule has 18 heavy (non-hydrogen) atoms. The first-order valence-corrected chi connectivity index (χ1v) is 5.47. The Hall–Kier alpha value is -2.30. The standard InChI is InChI=1S/C13H14FN3O/c1-3-7-17-8-6-15-13(17)16-11-5-4-10(14)9-12(11)18-2/h3-6,8-9H,1,7H2,2H3,(H,15,16). The summed E-state index contributed by atoms with van der Waals surface area (Å²) in [6.07, 6.45) is 5.29. The van der Waals surface area contributed by atoms with Crippen LogP contribution in [0.25, 0.3) is 0 Å². The van der Waals surface area contributed by atoms with E-state index in [4.69, 9.17) is 4.74 Å². The van der Waals surface area contributed by atoms with Gasteiger partial charge in [-0.05, 0) is 12.1 Å². The van der Waals surface area contributed by atoms with Crippen LogP contribution >= 0.6 is 0 Å². The first kappa shape index (κ1) is 12.2. The summed E-state index contributed by atoms with van der Waals surface area (Å²) >= 11 is 0.